The van der Waals surface area contributed by atoms with Crippen molar-refractivity contribution in [2.45, 2.75) is 25.7 Å². The molecule has 0 unspecified atom stereocenters. The van der Waals surface area contributed by atoms with Gasteiger partial charge in [-0.15, -0.1) is 13.2 Å². The van der Waals surface area contributed by atoms with Crippen LogP contribution in [0.1, 0.15) is 25.7 Å². The number of nitrogens with zero attached hydrogens (tertiary/aromatic N) is 2. The van der Waals surface area contributed by atoms with E-state index in [9.17, 15) is 0 Å². The highest BCUT2D eigenvalue weighted by Crippen LogP contribution is 2.09. The molecular weight excluding hydrogens is 184 g/mol. The number of hydrogen-bond acceptors (Lipinski definition) is 2. The Kier molecular flexibility index (Phi) is 5.67. The van der Waals surface area contributed by atoms with Gasteiger partial charge in [0.1, 0.15) is 0 Å². The average molecular weight is 206 g/mol. The van der Waals surface area contributed by atoms with Crippen molar-refractivity contribution in [3.63, 3.8) is 0 Å². The first kappa shape index (κ1) is 11.9. The van der Waals surface area contributed by atoms with Crippen molar-refractivity contribution >= 4 is 0 Å². The number of rotatable bonds is 8. The first-order chi connectivity index (χ1) is 7.36. The van der Waals surface area contributed by atoms with Gasteiger partial charge in [0.25, 0.3) is 0 Å². The van der Waals surface area contributed by atoms with Crippen LogP contribution in [0.25, 0.3) is 0 Å². The maximum absolute atomic E-state index is 3.73. The van der Waals surface area contributed by atoms with E-state index < -0.39 is 0 Å². The van der Waals surface area contributed by atoms with Crippen LogP contribution in [0, 0.1) is 0 Å². The van der Waals surface area contributed by atoms with Crippen LogP contribution in [0.4, 0.5) is 0 Å². The minimum atomic E-state index is 1.05. The Balaban J connectivity index is 2.08. The zero-order valence-corrected chi connectivity index (χ0v) is 9.57. The molecule has 0 radical (unpaired) electrons. The second-order valence-electron chi connectivity index (χ2n) is 3.93. The van der Waals surface area contributed by atoms with Crippen LogP contribution in [0.2, 0.25) is 0 Å². The molecule has 0 spiro atoms. The van der Waals surface area contributed by atoms with Crippen LogP contribution in [0.3, 0.4) is 0 Å². The lowest BCUT2D eigenvalue weighted by Gasteiger charge is -2.20. The highest BCUT2D eigenvalue weighted by atomic mass is 15.3. The molecule has 0 bridgehead atoms. The molecule has 0 aliphatic carbocycles. The van der Waals surface area contributed by atoms with Crippen LogP contribution < -0.4 is 0 Å². The zero-order chi connectivity index (χ0) is 10.9. The van der Waals surface area contributed by atoms with Crippen molar-refractivity contribution in [2.75, 3.05) is 19.8 Å². The molecule has 0 aromatic heterocycles. The van der Waals surface area contributed by atoms with E-state index in [0.29, 0.717) is 0 Å². The summed E-state index contributed by atoms with van der Waals surface area (Å²) in [7, 11) is 0. The molecule has 84 valence electrons. The monoisotopic (exact) mass is 206 g/mol. The molecule has 2 heteroatoms. The third-order valence-corrected chi connectivity index (χ3v) is 2.56. The molecule has 0 saturated heterocycles. The minimum absolute atomic E-state index is 1.05. The van der Waals surface area contributed by atoms with Crippen molar-refractivity contribution in [1.29, 1.82) is 0 Å². The zero-order valence-electron chi connectivity index (χ0n) is 9.57. The number of hydrogen-bond donors (Lipinski definition) is 0. The standard InChI is InChI=1S/C13H22N2/c1-3-5-7-9-14-11-12-15(13-14)10-8-6-4-2/h3-4,11-12H,1-2,5-10,13H2. The topological polar surface area (TPSA) is 6.48 Å². The fraction of sp³-hybridized carbons (Fsp3) is 0.538. The third kappa shape index (κ3) is 4.73. The van der Waals surface area contributed by atoms with Gasteiger partial charge < -0.3 is 9.80 Å². The van der Waals surface area contributed by atoms with Gasteiger partial charge in [0.15, 0.2) is 0 Å². The minimum Gasteiger partial charge on any atom is -0.359 e. The van der Waals surface area contributed by atoms with Crippen molar-refractivity contribution < 1.29 is 0 Å². The van der Waals surface area contributed by atoms with E-state index in [0.717, 1.165) is 32.6 Å². The van der Waals surface area contributed by atoms with Crippen molar-refractivity contribution in [3.05, 3.63) is 37.7 Å². The second kappa shape index (κ2) is 7.16. The van der Waals surface area contributed by atoms with E-state index in [1.165, 1.54) is 12.8 Å². The van der Waals surface area contributed by atoms with Crippen molar-refractivity contribution in [1.82, 2.24) is 9.80 Å². The third-order valence-electron chi connectivity index (χ3n) is 2.56. The molecule has 0 amide bonds. The van der Waals surface area contributed by atoms with Gasteiger partial charge in [-0.25, -0.2) is 0 Å². The number of allylic oxidation sites excluding steroid dienone is 2. The molecule has 0 aromatic carbocycles. The molecule has 1 aliphatic rings. The Labute approximate surface area is 93.6 Å². The van der Waals surface area contributed by atoms with Crippen LogP contribution in [0.15, 0.2) is 37.7 Å². The van der Waals surface area contributed by atoms with E-state index in [1.807, 2.05) is 12.2 Å². The van der Waals surface area contributed by atoms with E-state index in [1.54, 1.807) is 0 Å². The first-order valence-electron chi connectivity index (χ1n) is 5.75. The summed E-state index contributed by atoms with van der Waals surface area (Å²) in [6.07, 6.45) is 13.0. The van der Waals surface area contributed by atoms with Crippen LogP contribution in [-0.2, 0) is 0 Å². The van der Waals surface area contributed by atoms with E-state index >= 15 is 0 Å². The highest BCUT2D eigenvalue weighted by molar-refractivity contribution is 4.90. The van der Waals surface area contributed by atoms with E-state index in [4.69, 9.17) is 0 Å². The van der Waals surface area contributed by atoms with Gasteiger partial charge in [0.2, 0.25) is 0 Å². The molecule has 1 heterocycles. The van der Waals surface area contributed by atoms with Gasteiger partial charge in [0.05, 0.1) is 6.67 Å². The molecule has 0 atom stereocenters. The van der Waals surface area contributed by atoms with Crippen LogP contribution in [-0.4, -0.2) is 29.6 Å². The lowest BCUT2D eigenvalue weighted by molar-refractivity contribution is 0.262. The molecule has 0 aromatic rings. The SMILES string of the molecule is C=CCCCN1C=CN(CCCC=C)C1. The van der Waals surface area contributed by atoms with Gasteiger partial charge in [-0.3, -0.25) is 0 Å². The Morgan fingerprint density at radius 1 is 0.933 bits per heavy atom. The summed E-state index contributed by atoms with van der Waals surface area (Å²) in [5.41, 5.74) is 0. The fourth-order valence-electron chi connectivity index (χ4n) is 1.68. The molecule has 1 aliphatic heterocycles. The summed E-state index contributed by atoms with van der Waals surface area (Å²) in [5.74, 6) is 0. The normalized spacial score (nSPS) is 14.7. The molecular formula is C13H22N2. The Hall–Kier alpha value is -1.18. The summed E-state index contributed by atoms with van der Waals surface area (Å²) in [5, 5.41) is 0. The van der Waals surface area contributed by atoms with Gasteiger partial charge in [-0.05, 0) is 25.7 Å². The first-order valence-corrected chi connectivity index (χ1v) is 5.75. The Morgan fingerprint density at radius 3 is 1.80 bits per heavy atom. The molecule has 0 fully saturated rings. The summed E-state index contributed by atoms with van der Waals surface area (Å²) >= 11 is 0. The molecule has 15 heavy (non-hydrogen) atoms. The van der Waals surface area contributed by atoms with Gasteiger partial charge in [-0.1, -0.05) is 12.2 Å². The van der Waals surface area contributed by atoms with Gasteiger partial charge >= 0.3 is 0 Å². The molecule has 0 saturated carbocycles. The summed E-state index contributed by atoms with van der Waals surface area (Å²) < 4.78 is 0. The molecule has 0 N–H and O–H groups in total. The maximum Gasteiger partial charge on any atom is 0.0893 e. The predicted molar refractivity (Wildman–Crippen MR) is 66.3 cm³/mol. The van der Waals surface area contributed by atoms with Crippen molar-refractivity contribution in [3.8, 4) is 0 Å². The van der Waals surface area contributed by atoms with Gasteiger partial charge in [0, 0.05) is 25.5 Å². The maximum atomic E-state index is 3.73. The molecule has 1 rings (SSSR count). The summed E-state index contributed by atoms with van der Waals surface area (Å²) in [4.78, 5) is 4.72. The lowest BCUT2D eigenvalue weighted by atomic mass is 10.3. The van der Waals surface area contributed by atoms with Gasteiger partial charge in [-0.2, -0.15) is 0 Å². The highest BCUT2D eigenvalue weighted by Gasteiger charge is 2.10. The number of unbranched alkanes of at least 4 members (excludes halogenated alkanes) is 2. The van der Waals surface area contributed by atoms with E-state index in [2.05, 4.69) is 35.4 Å². The van der Waals surface area contributed by atoms with Crippen LogP contribution in [0.5, 0.6) is 0 Å². The fourth-order valence-corrected chi connectivity index (χ4v) is 1.68. The van der Waals surface area contributed by atoms with E-state index in [-0.39, 0.29) is 0 Å². The smallest absolute Gasteiger partial charge is 0.0893 e. The predicted octanol–water partition coefficient (Wildman–Crippen LogP) is 2.97. The molecule has 2 nitrogen and oxygen atoms in total. The summed E-state index contributed by atoms with van der Waals surface area (Å²) in [6, 6.07) is 0. The Morgan fingerprint density at radius 2 is 1.40 bits per heavy atom. The average Bonchev–Trinajstić information content (AvgIpc) is 2.67. The second-order valence-corrected chi connectivity index (χ2v) is 3.93. The lowest BCUT2D eigenvalue weighted by Crippen LogP contribution is -2.26. The van der Waals surface area contributed by atoms with Crippen molar-refractivity contribution in [2.24, 2.45) is 0 Å². The largest absolute Gasteiger partial charge is 0.359 e. The summed E-state index contributed by atoms with van der Waals surface area (Å²) in [6.45, 7) is 10.8. The Bertz CT molecular complexity index is 199. The van der Waals surface area contributed by atoms with Crippen LogP contribution >= 0.6 is 0 Å². The quantitative estimate of drug-likeness (QED) is 0.445.